The molecule has 1 aromatic rings. The number of aliphatic hydroxyl groups is 1. The Balaban J connectivity index is 3.09. The van der Waals surface area contributed by atoms with Crippen LogP contribution < -0.4 is 32.7 Å². The van der Waals surface area contributed by atoms with Crippen molar-refractivity contribution in [2.75, 3.05) is 13.2 Å². The smallest absolute Gasteiger partial charge is 0.328 e. The van der Waals surface area contributed by atoms with Crippen molar-refractivity contribution >= 4 is 35.6 Å². The zero-order valence-corrected chi connectivity index (χ0v) is 24.5. The Morgan fingerprint density at radius 1 is 0.767 bits per heavy atom. The highest BCUT2D eigenvalue weighted by Gasteiger charge is 2.33. The zero-order chi connectivity index (χ0) is 32.5. The minimum Gasteiger partial charge on any atom is -0.481 e. The Bertz CT molecular complexity index is 1090. The van der Waals surface area contributed by atoms with E-state index in [9.17, 15) is 39.0 Å². The van der Waals surface area contributed by atoms with E-state index in [1.54, 1.807) is 38.1 Å². The molecule has 0 bridgehead atoms. The molecule has 43 heavy (non-hydrogen) atoms. The number of benzene rings is 1. The number of hydrogen-bond acceptors (Lipinski definition) is 9. The third kappa shape index (κ3) is 13.6. The number of unbranched alkanes of at least 4 members (excludes halogenated alkanes) is 1. The molecule has 11 N–H and O–H groups in total. The standard InChI is InChI=1S/C28H44N6O9/c1-16(2)23(27(41)33-21(15-35)28(42)43)34-26(40)20(11-12-22(36)37)32-25(39)19(10-6-7-13-29)31-24(38)18(30)14-17-8-4-3-5-9-17/h3-5,8-9,16,18-21,23,35H,6-7,10-15,29-30H2,1-2H3,(H,31,38)(H,32,39)(H,33,41)(H,34,40)(H,36,37)(H,42,43)/t18-,19-,20-,21-,23-/m0/s1. The van der Waals surface area contributed by atoms with Crippen LogP contribution in [0.2, 0.25) is 0 Å². The summed E-state index contributed by atoms with van der Waals surface area (Å²) in [7, 11) is 0. The lowest BCUT2D eigenvalue weighted by Crippen LogP contribution is -2.59. The number of nitrogens with one attached hydrogen (secondary N) is 4. The van der Waals surface area contributed by atoms with E-state index in [1.807, 2.05) is 6.07 Å². The van der Waals surface area contributed by atoms with Crippen molar-refractivity contribution in [3.05, 3.63) is 35.9 Å². The second-order valence-electron chi connectivity index (χ2n) is 10.4. The fourth-order valence-electron chi connectivity index (χ4n) is 4.05. The number of nitrogens with two attached hydrogens (primary N) is 2. The van der Waals surface area contributed by atoms with Crippen LogP contribution in [0.25, 0.3) is 0 Å². The van der Waals surface area contributed by atoms with Crippen LogP contribution in [0.1, 0.15) is 51.5 Å². The van der Waals surface area contributed by atoms with Crippen molar-refractivity contribution in [2.45, 2.75) is 82.6 Å². The van der Waals surface area contributed by atoms with Gasteiger partial charge in [-0.05, 0) is 50.1 Å². The minimum absolute atomic E-state index is 0.162. The Morgan fingerprint density at radius 2 is 1.33 bits per heavy atom. The van der Waals surface area contributed by atoms with Crippen LogP contribution in [0.4, 0.5) is 0 Å². The molecule has 15 heteroatoms. The maximum atomic E-state index is 13.3. The lowest BCUT2D eigenvalue weighted by atomic mass is 10.0. The summed E-state index contributed by atoms with van der Waals surface area (Å²) < 4.78 is 0. The van der Waals surface area contributed by atoms with Crippen molar-refractivity contribution in [1.29, 1.82) is 0 Å². The van der Waals surface area contributed by atoms with Crippen LogP contribution >= 0.6 is 0 Å². The predicted octanol–water partition coefficient (Wildman–Crippen LogP) is -1.78. The molecular weight excluding hydrogens is 564 g/mol. The van der Waals surface area contributed by atoms with Gasteiger partial charge >= 0.3 is 11.9 Å². The van der Waals surface area contributed by atoms with Gasteiger partial charge < -0.3 is 48.1 Å². The molecule has 1 aromatic carbocycles. The van der Waals surface area contributed by atoms with Crippen molar-refractivity contribution in [3.63, 3.8) is 0 Å². The van der Waals surface area contributed by atoms with E-state index in [1.165, 1.54) is 0 Å². The van der Waals surface area contributed by atoms with Crippen molar-refractivity contribution in [1.82, 2.24) is 21.3 Å². The SMILES string of the molecule is CC(C)[C@H](NC(=O)[C@H](CCC(=O)O)NC(=O)[C@H](CCCCN)NC(=O)[C@@H](N)Cc1ccccc1)C(=O)N[C@@H](CO)C(=O)O. The van der Waals surface area contributed by atoms with E-state index in [2.05, 4.69) is 21.3 Å². The van der Waals surface area contributed by atoms with E-state index in [4.69, 9.17) is 16.6 Å². The first-order chi connectivity index (χ1) is 20.3. The largest absolute Gasteiger partial charge is 0.481 e. The van der Waals surface area contributed by atoms with Gasteiger partial charge in [-0.2, -0.15) is 0 Å². The van der Waals surface area contributed by atoms with Gasteiger partial charge in [0.2, 0.25) is 23.6 Å². The number of amides is 4. The second-order valence-corrected chi connectivity index (χ2v) is 10.4. The van der Waals surface area contributed by atoms with Gasteiger partial charge in [0, 0.05) is 6.42 Å². The van der Waals surface area contributed by atoms with Crippen LogP contribution in [0.5, 0.6) is 0 Å². The summed E-state index contributed by atoms with van der Waals surface area (Å²) in [4.78, 5) is 74.7. The number of carboxylic acid groups (broad SMARTS) is 2. The van der Waals surface area contributed by atoms with Crippen LogP contribution in [0.15, 0.2) is 30.3 Å². The highest BCUT2D eigenvalue weighted by molar-refractivity contribution is 5.95. The maximum Gasteiger partial charge on any atom is 0.328 e. The molecule has 0 aliphatic rings. The molecule has 0 fully saturated rings. The molecule has 1 rings (SSSR count). The van der Waals surface area contributed by atoms with Crippen LogP contribution in [-0.2, 0) is 35.2 Å². The molecule has 240 valence electrons. The number of carbonyl (C=O) groups is 6. The molecule has 15 nitrogen and oxygen atoms in total. The topological polar surface area (TPSA) is 263 Å². The quantitative estimate of drug-likeness (QED) is 0.0747. The monoisotopic (exact) mass is 608 g/mol. The molecule has 5 atom stereocenters. The van der Waals surface area contributed by atoms with E-state index in [-0.39, 0.29) is 19.3 Å². The molecule has 0 unspecified atom stereocenters. The lowest BCUT2D eigenvalue weighted by Gasteiger charge is -2.27. The Morgan fingerprint density at radius 3 is 1.86 bits per heavy atom. The summed E-state index contributed by atoms with van der Waals surface area (Å²) in [6.07, 6.45) is 0.536. The minimum atomic E-state index is -1.61. The van der Waals surface area contributed by atoms with E-state index < -0.39 is 84.7 Å². The first-order valence-corrected chi connectivity index (χ1v) is 14.1. The molecular formula is C28H44N6O9. The van der Waals surface area contributed by atoms with Crippen molar-refractivity contribution < 1.29 is 44.1 Å². The summed E-state index contributed by atoms with van der Waals surface area (Å²) in [5.41, 5.74) is 12.5. The van der Waals surface area contributed by atoms with Gasteiger partial charge in [-0.25, -0.2) is 4.79 Å². The maximum absolute atomic E-state index is 13.3. The van der Waals surface area contributed by atoms with Crippen molar-refractivity contribution in [3.8, 4) is 0 Å². The third-order valence-electron chi connectivity index (χ3n) is 6.54. The van der Waals surface area contributed by atoms with E-state index >= 15 is 0 Å². The third-order valence-corrected chi connectivity index (χ3v) is 6.54. The van der Waals surface area contributed by atoms with Gasteiger partial charge in [-0.3, -0.25) is 24.0 Å². The molecule has 0 radical (unpaired) electrons. The summed E-state index contributed by atoms with van der Waals surface area (Å²) in [6.45, 7) is 2.61. The molecule has 0 aliphatic carbocycles. The molecule has 0 aromatic heterocycles. The highest BCUT2D eigenvalue weighted by Crippen LogP contribution is 2.09. The van der Waals surface area contributed by atoms with Crippen LogP contribution in [0, 0.1) is 5.92 Å². The summed E-state index contributed by atoms with van der Waals surface area (Å²) in [5, 5.41) is 37.2. The molecule has 0 heterocycles. The molecule has 4 amide bonds. The van der Waals surface area contributed by atoms with Crippen LogP contribution in [-0.4, -0.2) is 94.2 Å². The van der Waals surface area contributed by atoms with Gasteiger partial charge in [0.25, 0.3) is 0 Å². The summed E-state index contributed by atoms with van der Waals surface area (Å²) in [5.74, 6) is -6.43. The Labute approximate surface area is 250 Å². The van der Waals surface area contributed by atoms with E-state index in [0.29, 0.717) is 19.4 Å². The first kappa shape index (κ1) is 36.9. The summed E-state index contributed by atoms with van der Waals surface area (Å²) in [6, 6.07) is 2.63. The van der Waals surface area contributed by atoms with Crippen molar-refractivity contribution in [2.24, 2.45) is 17.4 Å². The number of aliphatic carboxylic acids is 2. The number of rotatable bonds is 20. The molecule has 0 saturated carbocycles. The van der Waals surface area contributed by atoms with Crippen LogP contribution in [0.3, 0.4) is 0 Å². The van der Waals surface area contributed by atoms with Gasteiger partial charge in [-0.1, -0.05) is 44.2 Å². The average Bonchev–Trinajstić information content (AvgIpc) is 2.95. The first-order valence-electron chi connectivity index (χ1n) is 14.1. The van der Waals surface area contributed by atoms with Gasteiger partial charge in [0.05, 0.1) is 12.6 Å². The highest BCUT2D eigenvalue weighted by atomic mass is 16.4. The number of hydrogen-bond donors (Lipinski definition) is 9. The Hall–Kier alpha value is -4.08. The second kappa shape index (κ2) is 19.2. The fourth-order valence-corrected chi connectivity index (χ4v) is 4.05. The number of carbonyl (C=O) groups excluding carboxylic acids is 4. The van der Waals surface area contributed by atoms with Gasteiger partial charge in [-0.15, -0.1) is 0 Å². The molecule has 0 spiro atoms. The van der Waals surface area contributed by atoms with Gasteiger partial charge in [0.15, 0.2) is 0 Å². The number of aliphatic hydroxyl groups excluding tert-OH is 1. The fraction of sp³-hybridized carbons (Fsp3) is 0.571. The van der Waals surface area contributed by atoms with Gasteiger partial charge in [0.1, 0.15) is 24.2 Å². The lowest BCUT2D eigenvalue weighted by molar-refractivity contribution is -0.143. The summed E-state index contributed by atoms with van der Waals surface area (Å²) >= 11 is 0. The van der Waals surface area contributed by atoms with E-state index in [0.717, 1.165) is 5.56 Å². The average molecular weight is 609 g/mol. The number of carboxylic acids is 2. The molecule has 0 saturated heterocycles. The Kier molecular flexibility index (Phi) is 16.5. The molecule has 0 aliphatic heterocycles. The zero-order valence-electron chi connectivity index (χ0n) is 24.5. The predicted molar refractivity (Wildman–Crippen MR) is 155 cm³/mol. The normalized spacial score (nSPS) is 14.5.